The third-order valence-electron chi connectivity index (χ3n) is 2.72. The minimum atomic E-state index is -0.119. The largest absolute Gasteiger partial charge is 0.276 e. The lowest BCUT2D eigenvalue weighted by Crippen LogP contribution is -2.30. The molecule has 1 atom stereocenters. The van der Waals surface area contributed by atoms with Gasteiger partial charge in [0.1, 0.15) is 0 Å². The summed E-state index contributed by atoms with van der Waals surface area (Å²) in [7, 11) is 1.88. The lowest BCUT2D eigenvalue weighted by Gasteiger charge is -2.16. The highest BCUT2D eigenvalue weighted by atomic mass is 35.5. The third kappa shape index (κ3) is 3.03. The fraction of sp³-hybridized carbons (Fsp3) is 0.250. The molecular formula is C12H14Cl2N4. The van der Waals surface area contributed by atoms with Crippen molar-refractivity contribution in [2.24, 2.45) is 12.9 Å². The van der Waals surface area contributed by atoms with Crippen molar-refractivity contribution in [3.63, 3.8) is 0 Å². The van der Waals surface area contributed by atoms with E-state index < -0.39 is 0 Å². The molecule has 0 spiro atoms. The molecule has 2 aromatic rings. The van der Waals surface area contributed by atoms with Crippen molar-refractivity contribution in [3.8, 4) is 0 Å². The van der Waals surface area contributed by atoms with Crippen LogP contribution in [0.5, 0.6) is 0 Å². The molecular weight excluding hydrogens is 271 g/mol. The van der Waals surface area contributed by atoms with Gasteiger partial charge in [0.05, 0.1) is 11.7 Å². The molecule has 1 aromatic carbocycles. The zero-order chi connectivity index (χ0) is 13.1. The number of aryl methyl sites for hydroxylation is 1. The second kappa shape index (κ2) is 5.71. The minimum absolute atomic E-state index is 0.119. The molecule has 0 radical (unpaired) electrons. The Morgan fingerprint density at radius 2 is 2.17 bits per heavy atom. The van der Waals surface area contributed by atoms with Crippen LogP contribution < -0.4 is 11.3 Å². The molecule has 0 aliphatic heterocycles. The van der Waals surface area contributed by atoms with Gasteiger partial charge in [0.25, 0.3) is 0 Å². The molecule has 0 saturated heterocycles. The predicted octanol–water partition coefficient (Wildman–Crippen LogP) is 2.47. The molecule has 0 amide bonds. The van der Waals surface area contributed by atoms with Gasteiger partial charge < -0.3 is 0 Å². The highest BCUT2D eigenvalue weighted by Gasteiger charge is 2.15. The van der Waals surface area contributed by atoms with Crippen LogP contribution in [0.3, 0.4) is 0 Å². The van der Waals surface area contributed by atoms with Gasteiger partial charge >= 0.3 is 0 Å². The van der Waals surface area contributed by atoms with Gasteiger partial charge in [-0.25, -0.2) is 0 Å². The van der Waals surface area contributed by atoms with Gasteiger partial charge in [-0.05, 0) is 29.8 Å². The number of benzene rings is 1. The van der Waals surface area contributed by atoms with Gasteiger partial charge in [-0.15, -0.1) is 0 Å². The Balaban J connectivity index is 2.25. The second-order valence-corrected chi connectivity index (χ2v) is 4.91. The zero-order valence-electron chi connectivity index (χ0n) is 9.90. The van der Waals surface area contributed by atoms with E-state index >= 15 is 0 Å². The first-order valence-corrected chi connectivity index (χ1v) is 6.25. The van der Waals surface area contributed by atoms with Crippen molar-refractivity contribution in [1.29, 1.82) is 0 Å². The third-order valence-corrected chi connectivity index (χ3v) is 3.30. The summed E-state index contributed by atoms with van der Waals surface area (Å²) < 4.78 is 1.75. The first kappa shape index (κ1) is 13.4. The number of nitrogens with zero attached hydrogens (tertiary/aromatic N) is 2. The van der Waals surface area contributed by atoms with Crippen LogP contribution in [-0.4, -0.2) is 9.78 Å². The van der Waals surface area contributed by atoms with Crippen molar-refractivity contribution in [2.45, 2.75) is 12.5 Å². The van der Waals surface area contributed by atoms with Gasteiger partial charge in [0.15, 0.2) is 0 Å². The highest BCUT2D eigenvalue weighted by Crippen LogP contribution is 2.27. The minimum Gasteiger partial charge on any atom is -0.276 e. The fourth-order valence-electron chi connectivity index (χ4n) is 1.82. The Morgan fingerprint density at radius 1 is 1.39 bits per heavy atom. The number of hydrogen-bond donors (Lipinski definition) is 2. The van der Waals surface area contributed by atoms with Crippen LogP contribution >= 0.6 is 23.2 Å². The number of nitrogens with one attached hydrogen (secondary N) is 1. The number of aromatic nitrogens is 2. The Morgan fingerprint density at radius 3 is 2.78 bits per heavy atom. The predicted molar refractivity (Wildman–Crippen MR) is 73.4 cm³/mol. The first-order valence-electron chi connectivity index (χ1n) is 5.49. The van der Waals surface area contributed by atoms with E-state index in [1.54, 1.807) is 16.8 Å². The maximum atomic E-state index is 6.16. The van der Waals surface area contributed by atoms with E-state index in [1.165, 1.54) is 0 Å². The maximum Gasteiger partial charge on any atom is 0.0643 e. The molecule has 6 heteroatoms. The average Bonchev–Trinajstić information content (AvgIpc) is 2.75. The number of hydrazine groups is 1. The molecule has 0 bridgehead atoms. The SMILES string of the molecule is Cn1ccc(CC(NN)c2cc(Cl)ccc2Cl)n1. The van der Waals surface area contributed by atoms with Gasteiger partial charge in [-0.1, -0.05) is 23.2 Å². The highest BCUT2D eigenvalue weighted by molar-refractivity contribution is 6.33. The molecule has 1 heterocycles. The summed E-state index contributed by atoms with van der Waals surface area (Å²) in [5.41, 5.74) is 4.57. The summed E-state index contributed by atoms with van der Waals surface area (Å²) in [6, 6.07) is 7.16. The van der Waals surface area contributed by atoms with E-state index in [4.69, 9.17) is 29.0 Å². The molecule has 18 heavy (non-hydrogen) atoms. The number of halogens is 2. The average molecular weight is 285 g/mol. The molecule has 2 rings (SSSR count). The number of nitrogens with two attached hydrogens (primary N) is 1. The summed E-state index contributed by atoms with van der Waals surface area (Å²) in [6.45, 7) is 0. The van der Waals surface area contributed by atoms with Crippen molar-refractivity contribution in [2.75, 3.05) is 0 Å². The Kier molecular flexibility index (Phi) is 4.24. The van der Waals surface area contributed by atoms with E-state index in [-0.39, 0.29) is 6.04 Å². The lowest BCUT2D eigenvalue weighted by atomic mass is 10.0. The Hall–Kier alpha value is -1.07. The van der Waals surface area contributed by atoms with Crippen molar-refractivity contribution >= 4 is 23.2 Å². The van der Waals surface area contributed by atoms with Crippen LogP contribution in [0.4, 0.5) is 0 Å². The monoisotopic (exact) mass is 284 g/mol. The van der Waals surface area contributed by atoms with Crippen LogP contribution in [0.25, 0.3) is 0 Å². The normalized spacial score (nSPS) is 12.7. The van der Waals surface area contributed by atoms with E-state index in [0.29, 0.717) is 16.5 Å². The summed E-state index contributed by atoms with van der Waals surface area (Å²) >= 11 is 12.1. The van der Waals surface area contributed by atoms with E-state index in [0.717, 1.165) is 11.3 Å². The maximum absolute atomic E-state index is 6.16. The van der Waals surface area contributed by atoms with Crippen molar-refractivity contribution < 1.29 is 0 Å². The first-order chi connectivity index (χ1) is 8.60. The molecule has 1 unspecified atom stereocenters. The molecule has 0 aliphatic rings. The summed E-state index contributed by atoms with van der Waals surface area (Å²) in [5, 5.41) is 5.59. The van der Waals surface area contributed by atoms with Gasteiger partial charge in [0.2, 0.25) is 0 Å². The van der Waals surface area contributed by atoms with E-state index in [2.05, 4.69) is 10.5 Å². The molecule has 1 aromatic heterocycles. The zero-order valence-corrected chi connectivity index (χ0v) is 11.4. The van der Waals surface area contributed by atoms with Crippen LogP contribution in [0.1, 0.15) is 17.3 Å². The van der Waals surface area contributed by atoms with E-state index in [9.17, 15) is 0 Å². The molecule has 0 aliphatic carbocycles. The van der Waals surface area contributed by atoms with Crippen LogP contribution in [0, 0.1) is 0 Å². The fourth-order valence-corrected chi connectivity index (χ4v) is 2.25. The molecule has 4 nitrogen and oxygen atoms in total. The summed E-state index contributed by atoms with van der Waals surface area (Å²) in [6.07, 6.45) is 2.54. The smallest absolute Gasteiger partial charge is 0.0643 e. The second-order valence-electron chi connectivity index (χ2n) is 4.07. The van der Waals surface area contributed by atoms with Crippen molar-refractivity contribution in [3.05, 3.63) is 51.8 Å². The molecule has 96 valence electrons. The van der Waals surface area contributed by atoms with Crippen LogP contribution in [-0.2, 0) is 13.5 Å². The summed E-state index contributed by atoms with van der Waals surface area (Å²) in [4.78, 5) is 0. The number of rotatable bonds is 4. The number of hydrogen-bond acceptors (Lipinski definition) is 3. The van der Waals surface area contributed by atoms with Gasteiger partial charge in [-0.3, -0.25) is 16.0 Å². The Bertz CT molecular complexity index is 539. The van der Waals surface area contributed by atoms with Crippen LogP contribution in [0.15, 0.2) is 30.5 Å². The molecule has 0 fully saturated rings. The molecule has 0 saturated carbocycles. The van der Waals surface area contributed by atoms with E-state index in [1.807, 2.05) is 25.4 Å². The topological polar surface area (TPSA) is 55.9 Å². The van der Waals surface area contributed by atoms with Gasteiger partial charge in [-0.2, -0.15) is 5.10 Å². The van der Waals surface area contributed by atoms with Crippen LogP contribution in [0.2, 0.25) is 10.0 Å². The quantitative estimate of drug-likeness (QED) is 0.670. The van der Waals surface area contributed by atoms with Gasteiger partial charge in [0, 0.05) is 29.7 Å². The lowest BCUT2D eigenvalue weighted by molar-refractivity contribution is 0.541. The Labute approximate surface area is 116 Å². The van der Waals surface area contributed by atoms with Crippen molar-refractivity contribution in [1.82, 2.24) is 15.2 Å². The standard InChI is InChI=1S/C12H14Cl2N4/c1-18-5-4-9(17-18)7-12(16-15)10-6-8(13)2-3-11(10)14/h2-6,12,16H,7,15H2,1H3. The molecule has 3 N–H and O–H groups in total. The summed E-state index contributed by atoms with van der Waals surface area (Å²) in [5.74, 6) is 5.59.